The van der Waals surface area contributed by atoms with Gasteiger partial charge in [-0.15, -0.1) is 0 Å². The van der Waals surface area contributed by atoms with Crippen LogP contribution in [0.5, 0.6) is 0 Å². The van der Waals surface area contributed by atoms with E-state index >= 15 is 0 Å². The highest BCUT2D eigenvalue weighted by atomic mass is 35.5. The summed E-state index contributed by atoms with van der Waals surface area (Å²) in [5.74, 6) is 0.809. The number of nitrogens with zero attached hydrogens (tertiary/aromatic N) is 5. The molecule has 4 N–H and O–H groups in total. The van der Waals surface area contributed by atoms with E-state index in [0.29, 0.717) is 28.3 Å². The number of nitrogens with one attached hydrogen (secondary N) is 4. The van der Waals surface area contributed by atoms with Gasteiger partial charge in [-0.2, -0.15) is 0 Å². The second-order valence-corrected chi connectivity index (χ2v) is 7.37. The van der Waals surface area contributed by atoms with Crippen molar-refractivity contribution >= 4 is 45.2 Å². The fourth-order valence-corrected chi connectivity index (χ4v) is 3.63. The number of pyridine rings is 1. The van der Waals surface area contributed by atoms with Crippen LogP contribution < -0.4 is 21.9 Å². The summed E-state index contributed by atoms with van der Waals surface area (Å²) in [5, 5.41) is 3.73. The molecular weight excluding hydrogens is 434 g/mol. The van der Waals surface area contributed by atoms with Gasteiger partial charge in [-0.3, -0.25) is 15.0 Å². The number of hydrogen-bond acceptors (Lipinski definition) is 8. The number of fused-ring (bicyclic) bond motifs is 2. The van der Waals surface area contributed by atoms with Crippen molar-refractivity contribution in [3.05, 3.63) is 80.7 Å². The molecule has 32 heavy (non-hydrogen) atoms. The van der Waals surface area contributed by atoms with E-state index in [1.807, 2.05) is 6.92 Å². The molecule has 0 amide bonds. The van der Waals surface area contributed by atoms with Crippen LogP contribution in [-0.4, -0.2) is 34.6 Å². The van der Waals surface area contributed by atoms with Crippen molar-refractivity contribution in [2.75, 3.05) is 10.7 Å². The third-order valence-electron chi connectivity index (χ3n) is 4.89. The van der Waals surface area contributed by atoms with E-state index in [-0.39, 0.29) is 21.7 Å². The molecule has 0 fully saturated rings. The van der Waals surface area contributed by atoms with E-state index in [1.165, 1.54) is 23.5 Å². The Labute approximate surface area is 184 Å². The molecule has 0 bridgehead atoms. The van der Waals surface area contributed by atoms with Crippen molar-refractivity contribution in [3.8, 4) is 0 Å². The Balaban J connectivity index is 1.67. The van der Waals surface area contributed by atoms with Crippen molar-refractivity contribution in [2.45, 2.75) is 13.0 Å². The molecule has 0 aliphatic rings. The summed E-state index contributed by atoms with van der Waals surface area (Å²) in [6.45, 7) is 1.82. The summed E-state index contributed by atoms with van der Waals surface area (Å²) in [6, 6.07) is 7.73. The lowest BCUT2D eigenvalue weighted by atomic mass is 10.2. The number of rotatable bonds is 5. The molecule has 1 aromatic carbocycles. The standard InChI is InChI=1S/C20H16ClN9O2/c1-10(27-17-15-16(24-8-23-15)25-9-26-17)18-28-12-5-2-4-11(21)14(12)20(32)30(18)29-13-6-3-7-22-19(13)31/h2-10,29H,1H3,(H,22,31)(H2,23,24,25,26,27)/t10-/m0/s1. The first-order valence-corrected chi connectivity index (χ1v) is 9.97. The summed E-state index contributed by atoms with van der Waals surface area (Å²) < 4.78 is 1.21. The zero-order chi connectivity index (χ0) is 22.2. The van der Waals surface area contributed by atoms with Crippen LogP contribution in [0.15, 0.2) is 58.8 Å². The Morgan fingerprint density at radius 1 is 1.09 bits per heavy atom. The number of aromatic amines is 2. The highest BCUT2D eigenvalue weighted by molar-refractivity contribution is 6.35. The number of H-pyrrole nitrogens is 2. The number of imidazole rings is 1. The monoisotopic (exact) mass is 449 g/mol. The summed E-state index contributed by atoms with van der Waals surface area (Å²) >= 11 is 6.29. The van der Waals surface area contributed by atoms with Crippen LogP contribution in [0.2, 0.25) is 5.02 Å². The molecule has 0 aliphatic heterocycles. The maximum Gasteiger partial charge on any atom is 0.281 e. The van der Waals surface area contributed by atoms with E-state index in [9.17, 15) is 9.59 Å². The van der Waals surface area contributed by atoms with Gasteiger partial charge < -0.3 is 15.3 Å². The first-order chi connectivity index (χ1) is 15.5. The van der Waals surface area contributed by atoms with Gasteiger partial charge in [-0.05, 0) is 31.2 Å². The SMILES string of the molecule is C[C@H](Nc1ncnc2nc[nH]c12)c1nc2cccc(Cl)c2c(=O)n1Nc1ccc[nH]c1=O. The van der Waals surface area contributed by atoms with Crippen molar-refractivity contribution in [1.82, 2.24) is 34.6 Å². The molecule has 4 heterocycles. The molecule has 12 heteroatoms. The second-order valence-electron chi connectivity index (χ2n) is 6.96. The highest BCUT2D eigenvalue weighted by Crippen LogP contribution is 2.24. The number of hydrogen-bond donors (Lipinski definition) is 4. The molecule has 0 saturated carbocycles. The lowest BCUT2D eigenvalue weighted by Crippen LogP contribution is -2.35. The van der Waals surface area contributed by atoms with E-state index in [2.05, 4.69) is 40.6 Å². The largest absolute Gasteiger partial charge is 0.358 e. The van der Waals surface area contributed by atoms with Crippen LogP contribution in [0.3, 0.4) is 0 Å². The van der Waals surface area contributed by atoms with E-state index in [1.54, 1.807) is 30.3 Å². The molecule has 0 unspecified atom stereocenters. The molecule has 160 valence electrons. The van der Waals surface area contributed by atoms with E-state index in [0.717, 1.165) is 0 Å². The lowest BCUT2D eigenvalue weighted by molar-refractivity contribution is 0.700. The number of anilines is 2. The van der Waals surface area contributed by atoms with Crippen molar-refractivity contribution in [3.63, 3.8) is 0 Å². The minimum Gasteiger partial charge on any atom is -0.358 e. The van der Waals surface area contributed by atoms with Crippen LogP contribution in [-0.2, 0) is 0 Å². The van der Waals surface area contributed by atoms with Gasteiger partial charge in [0.15, 0.2) is 17.3 Å². The molecule has 0 spiro atoms. The van der Waals surface area contributed by atoms with Crippen LogP contribution in [0.1, 0.15) is 18.8 Å². The van der Waals surface area contributed by atoms with E-state index < -0.39 is 11.6 Å². The molecule has 1 atom stereocenters. The normalized spacial score (nSPS) is 12.2. The smallest absolute Gasteiger partial charge is 0.281 e. The van der Waals surface area contributed by atoms with Crippen LogP contribution in [0.25, 0.3) is 22.1 Å². The number of aromatic nitrogens is 7. The number of benzene rings is 1. The fourth-order valence-electron chi connectivity index (χ4n) is 3.38. The predicted octanol–water partition coefficient (Wildman–Crippen LogP) is 2.45. The Bertz CT molecular complexity index is 1570. The van der Waals surface area contributed by atoms with Gasteiger partial charge in [0.1, 0.15) is 17.5 Å². The summed E-state index contributed by atoms with van der Waals surface area (Å²) in [5.41, 5.74) is 3.76. The maximum atomic E-state index is 13.4. The zero-order valence-electron chi connectivity index (χ0n) is 16.6. The average molecular weight is 450 g/mol. The Hall–Kier alpha value is -4.25. The third-order valence-corrected chi connectivity index (χ3v) is 5.20. The fraction of sp³-hybridized carbons (Fsp3) is 0.100. The molecule has 0 radical (unpaired) electrons. The van der Waals surface area contributed by atoms with Crippen LogP contribution in [0, 0.1) is 0 Å². The molecule has 0 saturated heterocycles. The molecule has 11 nitrogen and oxygen atoms in total. The molecule has 4 aromatic heterocycles. The van der Waals surface area contributed by atoms with Gasteiger partial charge in [0.25, 0.3) is 11.1 Å². The van der Waals surface area contributed by atoms with Gasteiger partial charge in [-0.25, -0.2) is 24.6 Å². The maximum absolute atomic E-state index is 13.4. The summed E-state index contributed by atoms with van der Waals surface area (Å²) in [6.07, 6.45) is 4.41. The van der Waals surface area contributed by atoms with E-state index in [4.69, 9.17) is 11.6 Å². The van der Waals surface area contributed by atoms with Gasteiger partial charge in [0.2, 0.25) is 0 Å². The lowest BCUT2D eigenvalue weighted by Gasteiger charge is -2.20. The minimum atomic E-state index is -0.511. The average Bonchev–Trinajstić information content (AvgIpc) is 3.27. The zero-order valence-corrected chi connectivity index (χ0v) is 17.4. The molecule has 0 aliphatic carbocycles. The Morgan fingerprint density at radius 3 is 2.81 bits per heavy atom. The van der Waals surface area contributed by atoms with Gasteiger partial charge in [0, 0.05) is 6.20 Å². The third kappa shape index (κ3) is 3.34. The molecular formula is C20H16ClN9O2. The topological polar surface area (TPSA) is 146 Å². The summed E-state index contributed by atoms with van der Waals surface area (Å²) in [7, 11) is 0. The van der Waals surface area contributed by atoms with Crippen molar-refractivity contribution in [2.24, 2.45) is 0 Å². The van der Waals surface area contributed by atoms with Gasteiger partial charge in [-0.1, -0.05) is 17.7 Å². The minimum absolute atomic E-state index is 0.175. The van der Waals surface area contributed by atoms with Gasteiger partial charge >= 0.3 is 0 Å². The van der Waals surface area contributed by atoms with Crippen LogP contribution in [0.4, 0.5) is 11.5 Å². The first kappa shape index (κ1) is 19.7. The first-order valence-electron chi connectivity index (χ1n) is 9.59. The highest BCUT2D eigenvalue weighted by Gasteiger charge is 2.20. The predicted molar refractivity (Wildman–Crippen MR) is 121 cm³/mol. The van der Waals surface area contributed by atoms with Crippen molar-refractivity contribution < 1.29 is 0 Å². The summed E-state index contributed by atoms with van der Waals surface area (Å²) in [4.78, 5) is 48.3. The Morgan fingerprint density at radius 2 is 1.97 bits per heavy atom. The van der Waals surface area contributed by atoms with Gasteiger partial charge in [0.05, 0.1) is 28.3 Å². The van der Waals surface area contributed by atoms with Crippen LogP contribution >= 0.6 is 11.6 Å². The molecule has 5 rings (SSSR count). The quantitative estimate of drug-likeness (QED) is 0.320. The number of halogens is 1. The molecule has 5 aromatic rings. The second kappa shape index (κ2) is 7.78. The van der Waals surface area contributed by atoms with Crippen molar-refractivity contribution in [1.29, 1.82) is 0 Å². The Kier molecular flexibility index (Phi) is 4.79.